The lowest BCUT2D eigenvalue weighted by atomic mass is 9.90. The molecule has 0 aromatic heterocycles. The van der Waals surface area contributed by atoms with Gasteiger partial charge in [0, 0.05) is 12.8 Å². The van der Waals surface area contributed by atoms with Crippen LogP contribution in [0.1, 0.15) is 173 Å². The van der Waals surface area contributed by atoms with E-state index in [1.807, 2.05) is 48.5 Å². The molecule has 2 N–H and O–H groups in total. The largest absolute Gasteiger partial charge is 0.455 e. The highest BCUT2D eigenvalue weighted by molar-refractivity contribution is 5.77. The molecule has 2 saturated heterocycles. The number of ether oxygens (including phenoxy) is 5. The third-order valence-electron chi connectivity index (χ3n) is 12.2. The molecule has 0 aliphatic carbocycles. The Morgan fingerprint density at radius 2 is 1.36 bits per heavy atom. The molecule has 2 fully saturated rings. The monoisotopic (exact) mass is 850 g/mol. The van der Waals surface area contributed by atoms with Crippen LogP contribution >= 0.6 is 0 Å². The number of nitrogens with one attached hydrogen (secondary N) is 1. The second-order valence-corrected chi connectivity index (χ2v) is 18.0. The number of aliphatic hydroxyl groups excluding tert-OH is 1. The molecule has 2 aromatic rings. The summed E-state index contributed by atoms with van der Waals surface area (Å²) >= 11 is 0. The molecular formula is C51H79NO9. The minimum Gasteiger partial charge on any atom is -0.455 e. The van der Waals surface area contributed by atoms with Gasteiger partial charge in [0.15, 0.2) is 18.2 Å². The molecular weight excluding hydrogens is 771 g/mol. The van der Waals surface area contributed by atoms with Crippen LogP contribution in [0.4, 0.5) is 0 Å². The maximum atomic E-state index is 14.1. The van der Waals surface area contributed by atoms with Crippen LogP contribution in [0.25, 0.3) is 0 Å². The van der Waals surface area contributed by atoms with Gasteiger partial charge in [-0.25, -0.2) is 0 Å². The minimum atomic E-state index is -1.48. The van der Waals surface area contributed by atoms with E-state index >= 15 is 0 Å². The number of aldehydes is 1. The highest BCUT2D eigenvalue weighted by Gasteiger charge is 2.53. The number of benzene rings is 2. The van der Waals surface area contributed by atoms with Gasteiger partial charge in [-0.05, 0) is 56.6 Å². The van der Waals surface area contributed by atoms with Gasteiger partial charge in [0.1, 0.15) is 18.5 Å². The molecule has 2 heterocycles. The molecule has 0 spiro atoms. The van der Waals surface area contributed by atoms with Crippen molar-refractivity contribution in [1.82, 2.24) is 5.32 Å². The van der Waals surface area contributed by atoms with Gasteiger partial charge in [-0.3, -0.25) is 9.59 Å². The minimum absolute atomic E-state index is 0.0440. The summed E-state index contributed by atoms with van der Waals surface area (Å²) in [6, 6.07) is 19.3. The quantitative estimate of drug-likeness (QED) is 0.0420. The lowest BCUT2D eigenvalue weighted by Gasteiger charge is -2.50. The summed E-state index contributed by atoms with van der Waals surface area (Å²) in [4.78, 5) is 38.5. The third-order valence-corrected chi connectivity index (χ3v) is 12.2. The highest BCUT2D eigenvalue weighted by Crippen LogP contribution is 2.34. The number of carbonyl (C=O) groups is 3. The molecule has 0 saturated carbocycles. The Balaban J connectivity index is 1.39. The normalized spacial score (nSPS) is 21.9. The van der Waals surface area contributed by atoms with Crippen molar-refractivity contribution in [3.05, 3.63) is 71.8 Å². The molecule has 2 aliphatic heterocycles. The average Bonchev–Trinajstić information content (AvgIpc) is 3.24. The first-order chi connectivity index (χ1) is 29.7. The molecule has 0 bridgehead atoms. The zero-order valence-corrected chi connectivity index (χ0v) is 37.8. The van der Waals surface area contributed by atoms with Crippen LogP contribution in [0.5, 0.6) is 0 Å². The number of carbonyl (C=O) groups excluding carboxylic acids is 3. The zero-order chi connectivity index (χ0) is 43.5. The molecule has 1 unspecified atom stereocenters. The van der Waals surface area contributed by atoms with Crippen molar-refractivity contribution in [3.63, 3.8) is 0 Å². The maximum Gasteiger partial charge on any atom is 0.306 e. The summed E-state index contributed by atoms with van der Waals surface area (Å²) in [7, 11) is 0. The summed E-state index contributed by atoms with van der Waals surface area (Å²) in [5, 5.41) is 14.5. The molecule has 10 heteroatoms. The van der Waals surface area contributed by atoms with Crippen LogP contribution in [0.2, 0.25) is 0 Å². The number of hydrogen-bond acceptors (Lipinski definition) is 9. The number of aliphatic hydroxyl groups is 1. The Bertz CT molecular complexity index is 1470. The average molecular weight is 850 g/mol. The summed E-state index contributed by atoms with van der Waals surface area (Å²) in [6.45, 7) is 6.40. The van der Waals surface area contributed by atoms with Crippen LogP contribution in [0.3, 0.4) is 0 Å². The van der Waals surface area contributed by atoms with E-state index in [2.05, 4.69) is 24.4 Å². The summed E-state index contributed by atoms with van der Waals surface area (Å²) in [6.07, 6.45) is 19.6. The standard InChI is InChI=1S/C51H79NO9/c1-4-5-6-7-8-10-14-17-26-33-43(57-38-41-30-24-20-25-31-41)37-45(54)52-47-48-44(39-58-51(2,3)61-48)59-50(56)49(47)60-46(55)36-42(35-40-28-22-19-23-29-40)32-21-16-13-11-9-12-15-18-27-34-53/h19-20,22-25,28-31,34,42-44,47-50,56H,4-18,21,26-27,32-33,35-39H2,1-3H3,(H,52,54)/t42-,43-,44-,47+,48-,49-,50?/m1/s1. The van der Waals surface area contributed by atoms with Gasteiger partial charge in [0.05, 0.1) is 31.8 Å². The zero-order valence-electron chi connectivity index (χ0n) is 37.8. The van der Waals surface area contributed by atoms with Gasteiger partial charge in [0.2, 0.25) is 5.91 Å². The van der Waals surface area contributed by atoms with Crippen LogP contribution in [0, 0.1) is 5.92 Å². The molecule has 61 heavy (non-hydrogen) atoms. The summed E-state index contributed by atoms with van der Waals surface area (Å²) < 4.78 is 30.7. The van der Waals surface area contributed by atoms with E-state index in [1.54, 1.807) is 13.8 Å². The second-order valence-electron chi connectivity index (χ2n) is 18.0. The molecule has 0 radical (unpaired) electrons. The predicted molar refractivity (Wildman–Crippen MR) is 240 cm³/mol. The number of esters is 1. The lowest BCUT2D eigenvalue weighted by Crippen LogP contribution is -2.69. The number of fused-ring (bicyclic) bond motifs is 1. The molecule has 10 nitrogen and oxygen atoms in total. The fourth-order valence-corrected chi connectivity index (χ4v) is 8.70. The van der Waals surface area contributed by atoms with Crippen molar-refractivity contribution in [2.75, 3.05) is 6.61 Å². The topological polar surface area (TPSA) is 130 Å². The molecule has 1 amide bonds. The fraction of sp³-hybridized carbons (Fsp3) is 0.706. The van der Waals surface area contributed by atoms with Crippen molar-refractivity contribution in [3.8, 4) is 0 Å². The molecule has 7 atom stereocenters. The number of rotatable bonds is 32. The van der Waals surface area contributed by atoms with E-state index in [-0.39, 0.29) is 37.4 Å². The van der Waals surface area contributed by atoms with Crippen LogP contribution < -0.4 is 5.32 Å². The van der Waals surface area contributed by atoms with E-state index in [4.69, 9.17) is 23.7 Å². The molecule has 342 valence electrons. The first-order valence-electron chi connectivity index (χ1n) is 23.9. The highest BCUT2D eigenvalue weighted by atomic mass is 16.7. The molecule has 2 aliphatic rings. The van der Waals surface area contributed by atoms with Crippen LogP contribution in [0.15, 0.2) is 60.7 Å². The van der Waals surface area contributed by atoms with Gasteiger partial charge < -0.3 is 38.9 Å². The van der Waals surface area contributed by atoms with Crippen molar-refractivity contribution in [1.29, 1.82) is 0 Å². The van der Waals surface area contributed by atoms with E-state index in [9.17, 15) is 19.5 Å². The number of amides is 1. The number of unbranched alkanes of at least 4 members (excludes halogenated alkanes) is 16. The van der Waals surface area contributed by atoms with Crippen molar-refractivity contribution in [2.24, 2.45) is 5.92 Å². The SMILES string of the molecule is CCCCCCCCCCC[C@H](CC(=O)N[C@H]1[C@@H]2OC(C)(C)OC[C@H]2OC(O)[C@@H]1OC(=O)C[C@H](CCCCCCCCCCC=O)Cc1ccccc1)OCc1ccccc1. The first-order valence-corrected chi connectivity index (χ1v) is 23.9. The van der Waals surface area contributed by atoms with Gasteiger partial charge in [0.25, 0.3) is 0 Å². The van der Waals surface area contributed by atoms with Gasteiger partial charge in [-0.15, -0.1) is 0 Å². The first kappa shape index (κ1) is 50.5. The Labute approximate surface area is 367 Å². The second kappa shape index (κ2) is 29.3. The van der Waals surface area contributed by atoms with Crippen molar-refractivity contribution < 1.29 is 43.2 Å². The Hall–Kier alpha value is -3.15. The van der Waals surface area contributed by atoms with Gasteiger partial charge in [-0.2, -0.15) is 0 Å². The predicted octanol–water partition coefficient (Wildman–Crippen LogP) is 10.5. The third kappa shape index (κ3) is 20.3. The Morgan fingerprint density at radius 3 is 1.98 bits per heavy atom. The summed E-state index contributed by atoms with van der Waals surface area (Å²) in [5.41, 5.74) is 2.21. The number of hydrogen-bond donors (Lipinski definition) is 2. The van der Waals surface area contributed by atoms with Gasteiger partial charge in [-0.1, -0.05) is 170 Å². The van der Waals surface area contributed by atoms with Crippen molar-refractivity contribution in [2.45, 2.75) is 218 Å². The smallest absolute Gasteiger partial charge is 0.306 e. The summed E-state index contributed by atoms with van der Waals surface area (Å²) in [5.74, 6) is -1.63. The lowest BCUT2D eigenvalue weighted by molar-refractivity contribution is -0.362. The Kier molecular flexibility index (Phi) is 24.2. The molecule has 2 aromatic carbocycles. The Morgan fingerprint density at radius 1 is 0.787 bits per heavy atom. The fourth-order valence-electron chi connectivity index (χ4n) is 8.70. The van der Waals surface area contributed by atoms with E-state index in [0.29, 0.717) is 13.0 Å². The van der Waals surface area contributed by atoms with E-state index in [1.165, 1.54) is 57.8 Å². The van der Waals surface area contributed by atoms with Crippen LogP contribution in [-0.4, -0.2) is 72.4 Å². The van der Waals surface area contributed by atoms with Crippen molar-refractivity contribution >= 4 is 18.2 Å². The van der Waals surface area contributed by atoms with Gasteiger partial charge >= 0.3 is 5.97 Å². The van der Waals surface area contributed by atoms with E-state index in [0.717, 1.165) is 88.0 Å². The van der Waals surface area contributed by atoms with Crippen LogP contribution in [-0.2, 0) is 51.1 Å². The van der Waals surface area contributed by atoms with E-state index < -0.39 is 42.4 Å². The maximum absolute atomic E-state index is 14.1. The molecule has 4 rings (SSSR count).